The highest BCUT2D eigenvalue weighted by Crippen LogP contribution is 2.41. The molecule has 1 unspecified atom stereocenters. The van der Waals surface area contributed by atoms with Crippen molar-refractivity contribution in [2.24, 2.45) is 0 Å². The Morgan fingerprint density at radius 1 is 1.14 bits per heavy atom. The summed E-state index contributed by atoms with van der Waals surface area (Å²) in [5.74, 6) is -0.356. The number of anilines is 1. The van der Waals surface area contributed by atoms with Gasteiger partial charge in [0.1, 0.15) is 11.5 Å². The number of sulfone groups is 1. The minimum atomic E-state index is -3.36. The van der Waals surface area contributed by atoms with Gasteiger partial charge in [0, 0.05) is 16.8 Å². The van der Waals surface area contributed by atoms with Gasteiger partial charge < -0.3 is 5.32 Å². The SMILES string of the molecule is O=c1nc2n(nc1-c1ccccc1)C1(CCCS(=O)(=O)C1)Nc1cc(F)ccc1-2. The molecule has 2 aliphatic rings. The van der Waals surface area contributed by atoms with Gasteiger partial charge in [0.25, 0.3) is 5.56 Å². The molecule has 29 heavy (non-hydrogen) atoms. The largest absolute Gasteiger partial charge is 0.360 e. The van der Waals surface area contributed by atoms with Crippen molar-refractivity contribution >= 4 is 15.5 Å². The molecule has 2 aromatic carbocycles. The van der Waals surface area contributed by atoms with Crippen LogP contribution >= 0.6 is 0 Å². The van der Waals surface area contributed by atoms with Crippen LogP contribution in [0.2, 0.25) is 0 Å². The molecular weight excluding hydrogens is 395 g/mol. The van der Waals surface area contributed by atoms with Gasteiger partial charge in [0.05, 0.1) is 11.5 Å². The number of nitrogens with one attached hydrogen (secondary N) is 1. The zero-order chi connectivity index (χ0) is 20.2. The maximum Gasteiger partial charge on any atom is 0.300 e. The Balaban J connectivity index is 1.81. The molecular formula is C20H17FN4O3S. The number of hydrogen-bond acceptors (Lipinski definition) is 6. The lowest BCUT2D eigenvalue weighted by Gasteiger charge is -2.43. The number of hydrogen-bond donors (Lipinski definition) is 1. The Morgan fingerprint density at radius 2 is 1.93 bits per heavy atom. The van der Waals surface area contributed by atoms with Crippen molar-refractivity contribution in [3.63, 3.8) is 0 Å². The van der Waals surface area contributed by atoms with Gasteiger partial charge in [-0.1, -0.05) is 30.3 Å². The number of benzene rings is 2. The summed E-state index contributed by atoms with van der Waals surface area (Å²) in [6.07, 6.45) is 0.884. The number of nitrogens with zero attached hydrogens (tertiary/aromatic N) is 3. The Kier molecular flexibility index (Phi) is 3.86. The molecule has 2 aliphatic heterocycles. The molecule has 1 fully saturated rings. The molecule has 0 saturated carbocycles. The van der Waals surface area contributed by atoms with Crippen molar-refractivity contribution in [2.75, 3.05) is 16.8 Å². The summed E-state index contributed by atoms with van der Waals surface area (Å²) in [7, 11) is -3.36. The van der Waals surface area contributed by atoms with Gasteiger partial charge in [0.2, 0.25) is 0 Å². The fourth-order valence-electron chi connectivity index (χ4n) is 4.11. The molecule has 0 amide bonds. The Hall–Kier alpha value is -3.07. The molecule has 0 aliphatic carbocycles. The van der Waals surface area contributed by atoms with E-state index in [4.69, 9.17) is 0 Å². The van der Waals surface area contributed by atoms with Crippen LogP contribution in [0, 0.1) is 5.82 Å². The lowest BCUT2D eigenvalue weighted by molar-refractivity contribution is 0.290. The predicted octanol–water partition coefficient (Wildman–Crippen LogP) is 2.40. The van der Waals surface area contributed by atoms with E-state index in [2.05, 4.69) is 15.4 Å². The zero-order valence-corrected chi connectivity index (χ0v) is 16.1. The third kappa shape index (κ3) is 2.93. The number of halogens is 1. The molecule has 3 heterocycles. The highest BCUT2D eigenvalue weighted by Gasteiger charge is 2.46. The van der Waals surface area contributed by atoms with Crippen LogP contribution in [-0.2, 0) is 15.5 Å². The first-order valence-corrected chi connectivity index (χ1v) is 11.0. The van der Waals surface area contributed by atoms with E-state index in [0.29, 0.717) is 29.7 Å². The van der Waals surface area contributed by atoms with Crippen LogP contribution in [0.5, 0.6) is 0 Å². The monoisotopic (exact) mass is 412 g/mol. The maximum absolute atomic E-state index is 13.9. The lowest BCUT2D eigenvalue weighted by Crippen LogP contribution is -2.54. The normalized spacial score (nSPS) is 21.8. The maximum atomic E-state index is 13.9. The number of rotatable bonds is 1. The molecule has 0 radical (unpaired) electrons. The fraction of sp³-hybridized carbons (Fsp3) is 0.250. The van der Waals surface area contributed by atoms with Crippen LogP contribution in [0.3, 0.4) is 0 Å². The highest BCUT2D eigenvalue weighted by atomic mass is 32.2. The fourth-order valence-corrected chi connectivity index (χ4v) is 5.91. The second-order valence-corrected chi connectivity index (χ2v) is 9.59. The van der Waals surface area contributed by atoms with Gasteiger partial charge in [-0.05, 0) is 31.0 Å². The molecule has 5 rings (SSSR count). The third-order valence-electron chi connectivity index (χ3n) is 5.36. The molecule has 1 spiro atoms. The first-order valence-electron chi connectivity index (χ1n) is 9.23. The molecule has 148 valence electrons. The first-order chi connectivity index (χ1) is 13.9. The molecule has 1 saturated heterocycles. The second-order valence-electron chi connectivity index (χ2n) is 7.41. The van der Waals surface area contributed by atoms with Crippen molar-refractivity contribution in [3.05, 3.63) is 64.7 Å². The molecule has 9 heteroatoms. The molecule has 3 aromatic rings. The summed E-state index contributed by atoms with van der Waals surface area (Å²) >= 11 is 0. The van der Waals surface area contributed by atoms with Crippen LogP contribution in [-0.4, -0.2) is 34.7 Å². The van der Waals surface area contributed by atoms with Crippen molar-refractivity contribution in [2.45, 2.75) is 18.5 Å². The Labute approximate surface area is 166 Å². The van der Waals surface area contributed by atoms with Gasteiger partial charge >= 0.3 is 0 Å². The highest BCUT2D eigenvalue weighted by molar-refractivity contribution is 7.91. The van der Waals surface area contributed by atoms with E-state index in [9.17, 15) is 17.6 Å². The number of aromatic nitrogens is 3. The van der Waals surface area contributed by atoms with E-state index < -0.39 is 26.9 Å². The summed E-state index contributed by atoms with van der Waals surface area (Å²) in [4.78, 5) is 17.0. The van der Waals surface area contributed by atoms with E-state index in [1.54, 1.807) is 24.3 Å². The summed E-state index contributed by atoms with van der Waals surface area (Å²) in [5, 5.41) is 7.77. The molecule has 1 aromatic heterocycles. The summed E-state index contributed by atoms with van der Waals surface area (Å²) in [5.41, 5.74) is 0.00115. The summed E-state index contributed by atoms with van der Waals surface area (Å²) in [6, 6.07) is 13.0. The Morgan fingerprint density at radius 3 is 2.69 bits per heavy atom. The first kappa shape index (κ1) is 18.0. The quantitative estimate of drug-likeness (QED) is 0.660. The molecule has 1 atom stereocenters. The van der Waals surface area contributed by atoms with Crippen molar-refractivity contribution in [1.29, 1.82) is 0 Å². The van der Waals surface area contributed by atoms with E-state index in [0.717, 1.165) is 0 Å². The van der Waals surface area contributed by atoms with Crippen LogP contribution in [0.15, 0.2) is 53.3 Å². The van der Waals surface area contributed by atoms with E-state index in [-0.39, 0.29) is 23.0 Å². The van der Waals surface area contributed by atoms with E-state index in [1.807, 2.05) is 6.07 Å². The van der Waals surface area contributed by atoms with Crippen molar-refractivity contribution in [1.82, 2.24) is 14.8 Å². The summed E-state index contributed by atoms with van der Waals surface area (Å²) in [6.45, 7) is 0. The average Bonchev–Trinajstić information content (AvgIpc) is 2.67. The molecule has 1 N–H and O–H groups in total. The van der Waals surface area contributed by atoms with Gasteiger partial charge in [-0.2, -0.15) is 10.1 Å². The lowest BCUT2D eigenvalue weighted by atomic mass is 9.99. The summed E-state index contributed by atoms with van der Waals surface area (Å²) < 4.78 is 40.4. The van der Waals surface area contributed by atoms with E-state index in [1.165, 1.54) is 22.9 Å². The van der Waals surface area contributed by atoms with Crippen molar-refractivity contribution in [3.8, 4) is 22.6 Å². The zero-order valence-electron chi connectivity index (χ0n) is 15.3. The van der Waals surface area contributed by atoms with E-state index >= 15 is 0 Å². The van der Waals surface area contributed by atoms with Crippen LogP contribution in [0.25, 0.3) is 22.6 Å². The van der Waals surface area contributed by atoms with Crippen LogP contribution in [0.1, 0.15) is 12.8 Å². The Bertz CT molecular complexity index is 1290. The second kappa shape index (κ2) is 6.21. The number of fused-ring (bicyclic) bond motifs is 4. The topological polar surface area (TPSA) is 93.9 Å². The van der Waals surface area contributed by atoms with Crippen LogP contribution in [0.4, 0.5) is 10.1 Å². The smallest absolute Gasteiger partial charge is 0.300 e. The average molecular weight is 412 g/mol. The minimum Gasteiger partial charge on any atom is -0.360 e. The standard InChI is InChI=1S/C20H17FN4O3S/c21-14-7-8-15-16(11-14)23-20(9-4-10-29(27,28)12-20)25-18(15)22-19(26)17(24-25)13-5-2-1-3-6-13/h1-3,5-8,11,23H,4,9-10,12H2. The minimum absolute atomic E-state index is 0.0843. The molecule has 0 bridgehead atoms. The van der Waals surface area contributed by atoms with Crippen LogP contribution < -0.4 is 10.9 Å². The van der Waals surface area contributed by atoms with Gasteiger partial charge in [-0.25, -0.2) is 17.5 Å². The van der Waals surface area contributed by atoms with Crippen molar-refractivity contribution < 1.29 is 12.8 Å². The third-order valence-corrected chi connectivity index (χ3v) is 7.19. The van der Waals surface area contributed by atoms with Gasteiger partial charge in [-0.15, -0.1) is 0 Å². The molecule has 7 nitrogen and oxygen atoms in total. The van der Waals surface area contributed by atoms with Gasteiger partial charge in [0.15, 0.2) is 21.4 Å². The van der Waals surface area contributed by atoms with Gasteiger partial charge in [-0.3, -0.25) is 4.79 Å². The predicted molar refractivity (Wildman–Crippen MR) is 107 cm³/mol.